The zero-order valence-electron chi connectivity index (χ0n) is 14.0. The van der Waals surface area contributed by atoms with Gasteiger partial charge in [0.25, 0.3) is 5.91 Å². The van der Waals surface area contributed by atoms with Crippen LogP contribution in [0.1, 0.15) is 27.0 Å². The Labute approximate surface area is 167 Å². The summed E-state index contributed by atoms with van der Waals surface area (Å²) in [6.07, 6.45) is 1.52. The summed E-state index contributed by atoms with van der Waals surface area (Å²) in [6, 6.07) is 13.6. The fourth-order valence-electron chi connectivity index (χ4n) is 3.18. The van der Waals surface area contributed by atoms with Crippen LogP contribution in [0.3, 0.4) is 0 Å². The number of aliphatic hydroxyl groups is 1. The number of Topliss-reactive ketones (excluding diaryl/α,β-unsaturated/α-hetero) is 1. The Bertz CT molecular complexity index is 1020. The van der Waals surface area contributed by atoms with E-state index in [0.29, 0.717) is 10.6 Å². The van der Waals surface area contributed by atoms with Crippen molar-refractivity contribution in [1.29, 1.82) is 0 Å². The molecule has 1 aliphatic rings. The number of benzene rings is 1. The number of nitrogens with zero attached hydrogens (tertiary/aromatic N) is 1. The van der Waals surface area contributed by atoms with E-state index in [0.717, 1.165) is 10.0 Å². The number of furan rings is 1. The molecule has 0 saturated carbocycles. The average Bonchev–Trinajstić information content (AvgIpc) is 3.40. The summed E-state index contributed by atoms with van der Waals surface area (Å²) in [5.74, 6) is -0.870. The molecule has 136 valence electrons. The maximum atomic E-state index is 13.1. The van der Waals surface area contributed by atoms with E-state index in [9.17, 15) is 14.7 Å². The Hall–Kier alpha value is -2.64. The molecule has 7 heteroatoms. The summed E-state index contributed by atoms with van der Waals surface area (Å²) >= 11 is 4.71. The lowest BCUT2D eigenvalue weighted by molar-refractivity contribution is -0.130. The Kier molecular flexibility index (Phi) is 4.72. The number of amides is 1. The third-order valence-corrected chi connectivity index (χ3v) is 5.73. The van der Waals surface area contributed by atoms with Gasteiger partial charge in [-0.3, -0.25) is 9.59 Å². The molecule has 1 N–H and O–H groups in total. The quantitative estimate of drug-likeness (QED) is 0.570. The highest BCUT2D eigenvalue weighted by Gasteiger charge is 2.44. The molecule has 0 spiro atoms. The lowest BCUT2D eigenvalue weighted by Crippen LogP contribution is -2.30. The van der Waals surface area contributed by atoms with Crippen LogP contribution in [0.4, 0.5) is 0 Å². The molecule has 2 aromatic heterocycles. The molecule has 1 atom stereocenters. The second-order valence-corrected chi connectivity index (χ2v) is 7.90. The lowest BCUT2D eigenvalue weighted by Gasteiger charge is -2.26. The van der Waals surface area contributed by atoms with E-state index >= 15 is 0 Å². The van der Waals surface area contributed by atoms with Crippen LogP contribution in [0.2, 0.25) is 0 Å². The minimum Gasteiger partial charge on any atom is -0.503 e. The van der Waals surface area contributed by atoms with E-state index in [-0.39, 0.29) is 17.9 Å². The maximum Gasteiger partial charge on any atom is 0.290 e. The Morgan fingerprint density at radius 2 is 2.07 bits per heavy atom. The number of halogens is 1. The lowest BCUT2D eigenvalue weighted by atomic mass is 9.95. The van der Waals surface area contributed by atoms with Crippen molar-refractivity contribution in [3.05, 3.63) is 92.2 Å². The molecule has 0 bridgehead atoms. The predicted octanol–water partition coefficient (Wildman–Crippen LogP) is 4.88. The highest BCUT2D eigenvalue weighted by molar-refractivity contribution is 9.10. The minimum absolute atomic E-state index is 0.0899. The molecular weight excluding hydrogens is 430 g/mol. The molecule has 0 fully saturated rings. The van der Waals surface area contributed by atoms with Crippen molar-refractivity contribution in [2.24, 2.45) is 0 Å². The van der Waals surface area contributed by atoms with Gasteiger partial charge in [0.15, 0.2) is 5.76 Å². The van der Waals surface area contributed by atoms with Crippen LogP contribution in [-0.4, -0.2) is 21.7 Å². The summed E-state index contributed by atoms with van der Waals surface area (Å²) < 4.78 is 6.19. The molecule has 3 aromatic rings. The summed E-state index contributed by atoms with van der Waals surface area (Å²) in [4.78, 5) is 27.8. The fourth-order valence-corrected chi connectivity index (χ4v) is 4.28. The van der Waals surface area contributed by atoms with Crippen LogP contribution in [0.5, 0.6) is 0 Å². The van der Waals surface area contributed by atoms with E-state index in [1.807, 2.05) is 24.3 Å². The van der Waals surface area contributed by atoms with Crippen LogP contribution in [0.15, 0.2) is 80.4 Å². The maximum absolute atomic E-state index is 13.1. The molecule has 0 aliphatic carbocycles. The van der Waals surface area contributed by atoms with Crippen molar-refractivity contribution in [2.75, 3.05) is 0 Å². The van der Waals surface area contributed by atoms with Crippen LogP contribution in [-0.2, 0) is 11.3 Å². The Morgan fingerprint density at radius 1 is 1.22 bits per heavy atom. The molecule has 3 heterocycles. The van der Waals surface area contributed by atoms with Crippen molar-refractivity contribution < 1.29 is 19.1 Å². The van der Waals surface area contributed by atoms with Gasteiger partial charge in [-0.05, 0) is 41.3 Å². The number of thiophene rings is 1. The van der Waals surface area contributed by atoms with Crippen molar-refractivity contribution in [1.82, 2.24) is 4.90 Å². The first-order chi connectivity index (χ1) is 13.1. The summed E-state index contributed by atoms with van der Waals surface area (Å²) in [6.45, 7) is 0.147. The van der Waals surface area contributed by atoms with Gasteiger partial charge in [0.1, 0.15) is 5.76 Å². The van der Waals surface area contributed by atoms with Gasteiger partial charge in [-0.15, -0.1) is 11.3 Å². The highest BCUT2D eigenvalue weighted by Crippen LogP contribution is 2.41. The first kappa shape index (κ1) is 17.8. The fraction of sp³-hybridized carbons (Fsp3) is 0.100. The van der Waals surface area contributed by atoms with Crippen molar-refractivity contribution in [2.45, 2.75) is 12.6 Å². The van der Waals surface area contributed by atoms with E-state index in [1.54, 1.807) is 29.6 Å². The van der Waals surface area contributed by atoms with Crippen molar-refractivity contribution in [3.63, 3.8) is 0 Å². The largest absolute Gasteiger partial charge is 0.503 e. The van der Waals surface area contributed by atoms with Gasteiger partial charge in [0.2, 0.25) is 5.78 Å². The van der Waals surface area contributed by atoms with E-state index in [1.165, 1.54) is 22.5 Å². The standard InChI is InChI=1S/C20H14BrNO4S/c21-13-5-1-4-12(10-13)17-16(18(23)15-7-3-9-27-15)19(24)20(25)22(17)11-14-6-2-8-26-14/h1-10,17,24H,11H2. The molecule has 1 aromatic carbocycles. The third kappa shape index (κ3) is 3.24. The highest BCUT2D eigenvalue weighted by atomic mass is 79.9. The zero-order valence-corrected chi connectivity index (χ0v) is 16.4. The molecule has 1 amide bonds. The number of aliphatic hydroxyl groups excluding tert-OH is 1. The molecule has 0 saturated heterocycles. The Balaban J connectivity index is 1.81. The van der Waals surface area contributed by atoms with Gasteiger partial charge in [0, 0.05) is 4.47 Å². The van der Waals surface area contributed by atoms with Gasteiger partial charge in [0.05, 0.1) is 29.3 Å². The van der Waals surface area contributed by atoms with Crippen LogP contribution >= 0.6 is 27.3 Å². The molecule has 4 rings (SSSR count). The molecular formula is C20H14BrNO4S. The van der Waals surface area contributed by atoms with Crippen LogP contribution in [0.25, 0.3) is 0 Å². The molecule has 5 nitrogen and oxygen atoms in total. The average molecular weight is 444 g/mol. The monoisotopic (exact) mass is 443 g/mol. The second kappa shape index (κ2) is 7.17. The molecule has 0 radical (unpaired) electrons. The molecule has 1 aliphatic heterocycles. The first-order valence-corrected chi connectivity index (χ1v) is 9.83. The molecule has 27 heavy (non-hydrogen) atoms. The third-order valence-electron chi connectivity index (χ3n) is 4.36. The number of rotatable bonds is 5. The minimum atomic E-state index is -0.699. The van der Waals surface area contributed by atoms with Gasteiger partial charge < -0.3 is 14.4 Å². The first-order valence-electron chi connectivity index (χ1n) is 8.16. The van der Waals surface area contributed by atoms with Gasteiger partial charge in [-0.2, -0.15) is 0 Å². The topological polar surface area (TPSA) is 70.8 Å². The molecule has 1 unspecified atom stereocenters. The number of carbonyl (C=O) groups excluding carboxylic acids is 2. The van der Waals surface area contributed by atoms with Gasteiger partial charge in [-0.1, -0.05) is 34.1 Å². The van der Waals surface area contributed by atoms with Gasteiger partial charge >= 0.3 is 0 Å². The normalized spacial score (nSPS) is 17.0. The van der Waals surface area contributed by atoms with Crippen molar-refractivity contribution >= 4 is 39.0 Å². The predicted molar refractivity (Wildman–Crippen MR) is 104 cm³/mol. The number of ketones is 1. The van der Waals surface area contributed by atoms with Crippen LogP contribution < -0.4 is 0 Å². The SMILES string of the molecule is O=C(C1=C(O)C(=O)N(Cc2ccco2)C1c1cccc(Br)c1)c1cccs1. The zero-order chi connectivity index (χ0) is 19.0. The van der Waals surface area contributed by atoms with Gasteiger partial charge in [-0.25, -0.2) is 0 Å². The van der Waals surface area contributed by atoms with E-state index in [2.05, 4.69) is 15.9 Å². The summed E-state index contributed by atoms with van der Waals surface area (Å²) in [5, 5.41) is 12.3. The van der Waals surface area contributed by atoms with E-state index < -0.39 is 17.7 Å². The number of hydrogen-bond acceptors (Lipinski definition) is 5. The van der Waals surface area contributed by atoms with Crippen LogP contribution in [0, 0.1) is 0 Å². The second-order valence-electron chi connectivity index (χ2n) is 6.04. The summed E-state index contributed by atoms with van der Waals surface area (Å²) in [7, 11) is 0. The van der Waals surface area contributed by atoms with Crippen molar-refractivity contribution in [3.8, 4) is 0 Å². The smallest absolute Gasteiger partial charge is 0.290 e. The summed E-state index contributed by atoms with van der Waals surface area (Å²) in [5.41, 5.74) is 0.820. The Morgan fingerprint density at radius 3 is 2.74 bits per heavy atom. The number of hydrogen-bond donors (Lipinski definition) is 1. The van der Waals surface area contributed by atoms with E-state index in [4.69, 9.17) is 4.42 Å². The number of carbonyl (C=O) groups is 2.